The first kappa shape index (κ1) is 20.1. The number of Topliss-reactive ketones (excluding diaryl/α,β-unsaturated/α-hetero) is 1. The first-order chi connectivity index (χ1) is 14.9. The SMILES string of the molecule is Cc1c(C(=O)N2CCOCC2)oc2ccc3c(c12)C(=O)CC(C)(c1ccc(Cl)cc1)O3. The standard InChI is InChI=1S/C24H22ClNO5/c1-14-20-18(30-22(14)23(28)26-9-11-29-12-10-26)7-8-19-21(20)17(27)13-24(2,31-19)15-3-5-16(25)6-4-15/h3-8H,9-13H2,1-2H3. The van der Waals surface area contributed by atoms with Crippen LogP contribution in [0.1, 0.15) is 45.4 Å². The number of carbonyl (C=O) groups excluding carboxylic acids is 2. The van der Waals surface area contributed by atoms with Gasteiger partial charge in [-0.15, -0.1) is 0 Å². The van der Waals surface area contributed by atoms with Gasteiger partial charge in [0.1, 0.15) is 16.9 Å². The molecule has 0 saturated carbocycles. The third kappa shape index (κ3) is 3.30. The molecule has 3 aromatic rings. The van der Waals surface area contributed by atoms with Gasteiger partial charge in [0.25, 0.3) is 5.91 Å². The molecule has 160 valence electrons. The van der Waals surface area contributed by atoms with Gasteiger partial charge in [0, 0.05) is 29.1 Å². The second-order valence-electron chi connectivity index (χ2n) is 8.21. The van der Waals surface area contributed by atoms with Gasteiger partial charge < -0.3 is 18.8 Å². The van der Waals surface area contributed by atoms with Crippen molar-refractivity contribution in [2.45, 2.75) is 25.9 Å². The quantitative estimate of drug-likeness (QED) is 0.576. The number of furan rings is 1. The lowest BCUT2D eigenvalue weighted by molar-refractivity contribution is 0.0283. The van der Waals surface area contributed by atoms with E-state index in [1.54, 1.807) is 29.2 Å². The first-order valence-corrected chi connectivity index (χ1v) is 10.7. The van der Waals surface area contributed by atoms with Crippen molar-refractivity contribution in [3.63, 3.8) is 0 Å². The predicted molar refractivity (Wildman–Crippen MR) is 116 cm³/mol. The van der Waals surface area contributed by atoms with Crippen LogP contribution in [-0.4, -0.2) is 42.9 Å². The summed E-state index contributed by atoms with van der Waals surface area (Å²) in [4.78, 5) is 28.1. The van der Waals surface area contributed by atoms with E-state index < -0.39 is 5.60 Å². The predicted octanol–water partition coefficient (Wildman–Crippen LogP) is 4.75. The van der Waals surface area contributed by atoms with Crippen molar-refractivity contribution in [2.75, 3.05) is 26.3 Å². The fourth-order valence-electron chi connectivity index (χ4n) is 4.43. The van der Waals surface area contributed by atoms with E-state index in [-0.39, 0.29) is 23.9 Å². The minimum Gasteiger partial charge on any atom is -0.482 e. The Balaban J connectivity index is 1.56. The summed E-state index contributed by atoms with van der Waals surface area (Å²) in [5.74, 6) is 0.541. The normalized spacial score (nSPS) is 21.1. The topological polar surface area (TPSA) is 69.0 Å². The Kier molecular flexibility index (Phi) is 4.79. The number of halogens is 1. The minimum absolute atomic E-state index is 0.0430. The number of carbonyl (C=O) groups is 2. The highest BCUT2D eigenvalue weighted by molar-refractivity contribution is 6.30. The summed E-state index contributed by atoms with van der Waals surface area (Å²) in [6, 6.07) is 10.8. The molecule has 0 spiro atoms. The van der Waals surface area contributed by atoms with Crippen LogP contribution in [0.5, 0.6) is 5.75 Å². The molecule has 1 aromatic heterocycles. The number of benzene rings is 2. The molecular formula is C24H22ClNO5. The third-order valence-corrected chi connectivity index (χ3v) is 6.37. The summed E-state index contributed by atoms with van der Waals surface area (Å²) in [5.41, 5.74) is 1.73. The molecule has 2 aliphatic rings. The Bertz CT molecular complexity index is 1190. The van der Waals surface area contributed by atoms with E-state index >= 15 is 0 Å². The second kappa shape index (κ2) is 7.39. The van der Waals surface area contributed by atoms with Crippen LogP contribution in [0.25, 0.3) is 11.0 Å². The number of amides is 1. The van der Waals surface area contributed by atoms with Crippen LogP contribution in [0.2, 0.25) is 5.02 Å². The van der Waals surface area contributed by atoms with Gasteiger partial charge in [-0.2, -0.15) is 0 Å². The van der Waals surface area contributed by atoms with Gasteiger partial charge in [0.05, 0.1) is 25.2 Å². The molecule has 7 heteroatoms. The van der Waals surface area contributed by atoms with Gasteiger partial charge >= 0.3 is 0 Å². The summed E-state index contributed by atoms with van der Waals surface area (Å²) in [7, 11) is 0. The zero-order valence-electron chi connectivity index (χ0n) is 17.4. The summed E-state index contributed by atoms with van der Waals surface area (Å²) in [5, 5.41) is 1.28. The number of nitrogens with zero attached hydrogens (tertiary/aromatic N) is 1. The van der Waals surface area contributed by atoms with Crippen LogP contribution < -0.4 is 4.74 Å². The number of morpholine rings is 1. The largest absolute Gasteiger partial charge is 0.482 e. The smallest absolute Gasteiger partial charge is 0.290 e. The van der Waals surface area contributed by atoms with Gasteiger partial charge in [-0.05, 0) is 43.7 Å². The molecule has 1 amide bonds. The van der Waals surface area contributed by atoms with Gasteiger partial charge in [0.15, 0.2) is 11.5 Å². The molecular weight excluding hydrogens is 418 g/mol. The number of hydrogen-bond acceptors (Lipinski definition) is 5. The van der Waals surface area contributed by atoms with Crippen LogP contribution >= 0.6 is 11.6 Å². The highest BCUT2D eigenvalue weighted by Crippen LogP contribution is 2.44. The average molecular weight is 440 g/mol. The van der Waals surface area contributed by atoms with Crippen LogP contribution in [0, 0.1) is 6.92 Å². The molecule has 5 rings (SSSR count). The Morgan fingerprint density at radius 2 is 1.81 bits per heavy atom. The van der Waals surface area contributed by atoms with Gasteiger partial charge in [-0.1, -0.05) is 23.7 Å². The fraction of sp³-hybridized carbons (Fsp3) is 0.333. The van der Waals surface area contributed by atoms with Crippen molar-refractivity contribution >= 4 is 34.3 Å². The molecule has 1 atom stereocenters. The number of ether oxygens (including phenoxy) is 2. The van der Waals surface area contributed by atoms with E-state index in [1.807, 2.05) is 26.0 Å². The van der Waals surface area contributed by atoms with E-state index in [0.29, 0.717) is 59.2 Å². The van der Waals surface area contributed by atoms with Crippen LogP contribution in [-0.2, 0) is 10.3 Å². The molecule has 31 heavy (non-hydrogen) atoms. The van der Waals surface area contributed by atoms with E-state index in [0.717, 1.165) is 5.56 Å². The fourth-order valence-corrected chi connectivity index (χ4v) is 4.56. The molecule has 1 saturated heterocycles. The van der Waals surface area contributed by atoms with E-state index in [2.05, 4.69) is 0 Å². The summed E-state index contributed by atoms with van der Waals surface area (Å²) in [6.07, 6.45) is 0.179. The summed E-state index contributed by atoms with van der Waals surface area (Å²) >= 11 is 6.02. The van der Waals surface area contributed by atoms with Crippen molar-refractivity contribution < 1.29 is 23.5 Å². The maximum atomic E-state index is 13.3. The zero-order chi connectivity index (χ0) is 21.8. The maximum Gasteiger partial charge on any atom is 0.290 e. The van der Waals surface area contributed by atoms with Crippen LogP contribution in [0.15, 0.2) is 40.8 Å². The van der Waals surface area contributed by atoms with E-state index in [9.17, 15) is 9.59 Å². The Morgan fingerprint density at radius 1 is 1.10 bits per heavy atom. The second-order valence-corrected chi connectivity index (χ2v) is 8.65. The minimum atomic E-state index is -0.799. The number of fused-ring (bicyclic) bond motifs is 3. The van der Waals surface area contributed by atoms with Crippen molar-refractivity contribution in [3.8, 4) is 5.75 Å². The third-order valence-electron chi connectivity index (χ3n) is 6.12. The molecule has 6 nitrogen and oxygen atoms in total. The number of ketones is 1. The first-order valence-electron chi connectivity index (χ1n) is 10.3. The van der Waals surface area contributed by atoms with Gasteiger partial charge in [0.2, 0.25) is 0 Å². The Hall–Kier alpha value is -2.83. The molecule has 2 aliphatic heterocycles. The van der Waals surface area contributed by atoms with Crippen molar-refractivity contribution in [1.82, 2.24) is 4.90 Å². The summed E-state index contributed by atoms with van der Waals surface area (Å²) < 4.78 is 17.6. The molecule has 1 fully saturated rings. The lowest BCUT2D eigenvalue weighted by Crippen LogP contribution is -2.40. The molecule has 0 aliphatic carbocycles. The highest BCUT2D eigenvalue weighted by atomic mass is 35.5. The van der Waals surface area contributed by atoms with E-state index in [1.165, 1.54) is 0 Å². The molecule has 0 bridgehead atoms. The van der Waals surface area contributed by atoms with Crippen molar-refractivity contribution in [3.05, 3.63) is 63.9 Å². The zero-order valence-corrected chi connectivity index (χ0v) is 18.1. The molecule has 0 N–H and O–H groups in total. The lowest BCUT2D eigenvalue weighted by atomic mass is 9.84. The van der Waals surface area contributed by atoms with Crippen molar-refractivity contribution in [1.29, 1.82) is 0 Å². The number of hydrogen-bond donors (Lipinski definition) is 0. The van der Waals surface area contributed by atoms with Crippen LogP contribution in [0.4, 0.5) is 0 Å². The maximum absolute atomic E-state index is 13.3. The Morgan fingerprint density at radius 3 is 2.52 bits per heavy atom. The molecule has 3 heterocycles. The molecule has 2 aromatic carbocycles. The average Bonchev–Trinajstić information content (AvgIpc) is 3.10. The summed E-state index contributed by atoms with van der Waals surface area (Å²) in [6.45, 7) is 5.78. The van der Waals surface area contributed by atoms with E-state index in [4.69, 9.17) is 25.5 Å². The monoisotopic (exact) mass is 439 g/mol. The molecule has 0 radical (unpaired) electrons. The number of rotatable bonds is 2. The Labute approximate surface area is 184 Å². The number of aryl methyl sites for hydroxylation is 1. The van der Waals surface area contributed by atoms with Crippen LogP contribution in [0.3, 0.4) is 0 Å². The lowest BCUT2D eigenvalue weighted by Gasteiger charge is -2.35. The van der Waals surface area contributed by atoms with Crippen molar-refractivity contribution in [2.24, 2.45) is 0 Å². The highest BCUT2D eigenvalue weighted by Gasteiger charge is 2.40. The van der Waals surface area contributed by atoms with Gasteiger partial charge in [-0.25, -0.2) is 0 Å². The van der Waals surface area contributed by atoms with Gasteiger partial charge in [-0.3, -0.25) is 9.59 Å². The molecule has 1 unspecified atom stereocenters.